The summed E-state index contributed by atoms with van der Waals surface area (Å²) in [5, 5.41) is 42.3. The predicted molar refractivity (Wildman–Crippen MR) is 170 cm³/mol. The second-order valence-electron chi connectivity index (χ2n) is 11.0. The number of hydrogen-bond donors (Lipinski definition) is 4. The first-order chi connectivity index (χ1) is 21.3. The van der Waals surface area contributed by atoms with Crippen LogP contribution in [0.4, 0.5) is 0 Å². The van der Waals surface area contributed by atoms with E-state index in [1.165, 1.54) is 0 Å². The van der Waals surface area contributed by atoms with Crippen molar-refractivity contribution in [3.8, 4) is 22.6 Å². The Hall–Kier alpha value is -3.43. The maximum absolute atomic E-state index is 10.9. The fourth-order valence-electron chi connectivity index (χ4n) is 5.61. The molecule has 0 amide bonds. The Kier molecular flexibility index (Phi) is 10.6. The Balaban J connectivity index is 1.51. The van der Waals surface area contributed by atoms with Gasteiger partial charge in [0, 0.05) is 5.02 Å². The molecule has 1 saturated heterocycles. The Morgan fingerprint density at radius 3 is 1.86 bits per heavy atom. The molecule has 0 radical (unpaired) electrons. The molecule has 4 aromatic rings. The fraction of sp³-hybridized carbons (Fsp3) is 0.333. The van der Waals surface area contributed by atoms with E-state index in [-0.39, 0.29) is 0 Å². The maximum atomic E-state index is 10.9. The first-order valence-electron chi connectivity index (χ1n) is 15.0. The first kappa shape index (κ1) is 32.0. The highest BCUT2D eigenvalue weighted by atomic mass is 35.5. The van der Waals surface area contributed by atoms with E-state index in [9.17, 15) is 20.4 Å². The molecular weight excluding hydrogens is 580 g/mol. The monoisotopic (exact) mass is 618 g/mol. The van der Waals surface area contributed by atoms with Crippen LogP contribution in [0.25, 0.3) is 11.1 Å². The van der Waals surface area contributed by atoms with Crippen LogP contribution in [-0.4, -0.2) is 64.7 Å². The van der Waals surface area contributed by atoms with Crippen molar-refractivity contribution >= 4 is 11.6 Å². The lowest BCUT2D eigenvalue weighted by atomic mass is 9.88. The summed E-state index contributed by atoms with van der Waals surface area (Å²) >= 11 is 6.66. The van der Waals surface area contributed by atoms with Gasteiger partial charge < -0.3 is 34.6 Å². The Morgan fingerprint density at radius 1 is 0.659 bits per heavy atom. The molecule has 0 aromatic heterocycles. The molecule has 7 nitrogen and oxygen atoms in total. The number of benzene rings is 4. The summed E-state index contributed by atoms with van der Waals surface area (Å²) in [6, 6.07) is 27.7. The molecule has 0 spiro atoms. The van der Waals surface area contributed by atoms with E-state index >= 15 is 0 Å². The van der Waals surface area contributed by atoms with Crippen LogP contribution in [0.1, 0.15) is 47.8 Å². The molecule has 1 heterocycles. The number of rotatable bonds is 11. The molecule has 1 aliphatic rings. The Labute approximate surface area is 263 Å². The minimum Gasteiger partial charge on any atom is -0.494 e. The summed E-state index contributed by atoms with van der Waals surface area (Å²) in [6.07, 6.45) is -5.03. The number of aliphatic hydroxyl groups is 4. The smallest absolute Gasteiger partial charge is 0.119 e. The van der Waals surface area contributed by atoms with Crippen LogP contribution in [0, 0.1) is 0 Å². The standard InChI is InChI=1S/C36H39ClO7/c1-3-42-29-10-5-22(6-11-29)15-24-17-26(20-28(18-24)36-35(41)34(40)33(39)32(21-38)44-36)25-9-14-31(37)27(19-25)16-23-7-12-30(13-8-23)43-4-2/h5-14,17-20,32-36,38-41H,3-4,15-16,21H2,1-2H3/t32-,33-,34+,35-,36+/m1/s1. The summed E-state index contributed by atoms with van der Waals surface area (Å²) in [5.74, 6) is 1.62. The van der Waals surface area contributed by atoms with E-state index in [1.54, 1.807) is 0 Å². The van der Waals surface area contributed by atoms with Crippen molar-refractivity contribution in [3.63, 3.8) is 0 Å². The molecule has 1 aliphatic heterocycles. The van der Waals surface area contributed by atoms with Crippen molar-refractivity contribution in [1.29, 1.82) is 0 Å². The minimum atomic E-state index is -1.47. The third-order valence-electron chi connectivity index (χ3n) is 7.89. The minimum absolute atomic E-state index is 0.494. The van der Waals surface area contributed by atoms with Gasteiger partial charge in [-0.1, -0.05) is 54.1 Å². The van der Waals surface area contributed by atoms with Gasteiger partial charge in [-0.2, -0.15) is 0 Å². The molecule has 232 valence electrons. The third-order valence-corrected chi connectivity index (χ3v) is 8.26. The van der Waals surface area contributed by atoms with Gasteiger partial charge in [-0.05, 0) is 108 Å². The molecule has 0 saturated carbocycles. The molecule has 44 heavy (non-hydrogen) atoms. The summed E-state index contributed by atoms with van der Waals surface area (Å²) in [7, 11) is 0. The second-order valence-corrected chi connectivity index (χ2v) is 11.4. The van der Waals surface area contributed by atoms with Gasteiger partial charge in [0.15, 0.2) is 0 Å². The van der Waals surface area contributed by atoms with Gasteiger partial charge in [0.2, 0.25) is 0 Å². The van der Waals surface area contributed by atoms with Crippen molar-refractivity contribution in [3.05, 3.63) is 118 Å². The molecule has 5 rings (SSSR count). The summed E-state index contributed by atoms with van der Waals surface area (Å²) in [6.45, 7) is 4.60. The van der Waals surface area contributed by atoms with Crippen LogP contribution < -0.4 is 9.47 Å². The largest absolute Gasteiger partial charge is 0.494 e. The van der Waals surface area contributed by atoms with Crippen molar-refractivity contribution in [2.24, 2.45) is 0 Å². The van der Waals surface area contributed by atoms with Crippen LogP contribution in [-0.2, 0) is 17.6 Å². The number of aliphatic hydroxyl groups excluding tert-OH is 4. The summed E-state index contributed by atoms with van der Waals surface area (Å²) in [4.78, 5) is 0. The summed E-state index contributed by atoms with van der Waals surface area (Å²) < 4.78 is 17.1. The van der Waals surface area contributed by atoms with E-state index in [0.717, 1.165) is 44.9 Å². The van der Waals surface area contributed by atoms with E-state index in [1.807, 2.05) is 86.6 Å². The highest BCUT2D eigenvalue weighted by molar-refractivity contribution is 6.31. The SMILES string of the molecule is CCOc1ccc(Cc2cc(-c3ccc(Cl)c(Cc4ccc(OCC)cc4)c3)cc([C@@H]3O[C@H](CO)[C@@H](O)[C@H](O)[C@H]3O)c2)cc1. The van der Waals surface area contributed by atoms with Crippen LogP contribution >= 0.6 is 11.6 Å². The molecule has 0 bridgehead atoms. The first-order valence-corrected chi connectivity index (χ1v) is 15.3. The molecule has 4 N–H and O–H groups in total. The summed E-state index contributed by atoms with van der Waals surface area (Å²) in [5.41, 5.74) is 6.51. The van der Waals surface area contributed by atoms with Gasteiger partial charge in [0.25, 0.3) is 0 Å². The van der Waals surface area contributed by atoms with Crippen LogP contribution in [0.15, 0.2) is 84.9 Å². The Bertz CT molecular complexity index is 1520. The Morgan fingerprint density at radius 2 is 1.27 bits per heavy atom. The molecule has 5 atom stereocenters. The highest BCUT2D eigenvalue weighted by Crippen LogP contribution is 2.36. The molecule has 8 heteroatoms. The molecule has 4 aromatic carbocycles. The predicted octanol–water partition coefficient (Wildman–Crippen LogP) is 5.50. The maximum Gasteiger partial charge on any atom is 0.119 e. The van der Waals surface area contributed by atoms with E-state index in [2.05, 4.69) is 12.1 Å². The molecular formula is C36H39ClO7. The second kappa shape index (κ2) is 14.6. The zero-order chi connectivity index (χ0) is 31.2. The van der Waals surface area contributed by atoms with E-state index in [0.29, 0.717) is 36.6 Å². The lowest BCUT2D eigenvalue weighted by molar-refractivity contribution is -0.231. The van der Waals surface area contributed by atoms with Crippen LogP contribution in [0.2, 0.25) is 5.02 Å². The van der Waals surface area contributed by atoms with Gasteiger partial charge in [-0.3, -0.25) is 0 Å². The average molecular weight is 619 g/mol. The average Bonchev–Trinajstić information content (AvgIpc) is 3.03. The molecule has 0 unspecified atom stereocenters. The van der Waals surface area contributed by atoms with Gasteiger partial charge in [-0.25, -0.2) is 0 Å². The van der Waals surface area contributed by atoms with Crippen LogP contribution in [0.5, 0.6) is 11.5 Å². The lowest BCUT2D eigenvalue weighted by Gasteiger charge is -2.40. The normalized spacial score (nSPS) is 21.7. The zero-order valence-corrected chi connectivity index (χ0v) is 25.7. The lowest BCUT2D eigenvalue weighted by Crippen LogP contribution is -2.55. The highest BCUT2D eigenvalue weighted by Gasteiger charge is 2.44. The topological polar surface area (TPSA) is 109 Å². The molecule has 0 aliphatic carbocycles. The van der Waals surface area contributed by atoms with Crippen molar-refractivity contribution < 1.29 is 34.6 Å². The fourth-order valence-corrected chi connectivity index (χ4v) is 5.80. The quantitative estimate of drug-likeness (QED) is 0.176. The van der Waals surface area contributed by atoms with E-state index < -0.39 is 37.1 Å². The van der Waals surface area contributed by atoms with Gasteiger partial charge >= 0.3 is 0 Å². The van der Waals surface area contributed by atoms with E-state index in [4.69, 9.17) is 25.8 Å². The zero-order valence-electron chi connectivity index (χ0n) is 24.9. The number of halogens is 1. The van der Waals surface area contributed by atoms with Gasteiger partial charge in [-0.15, -0.1) is 0 Å². The van der Waals surface area contributed by atoms with Gasteiger partial charge in [0.05, 0.1) is 19.8 Å². The van der Waals surface area contributed by atoms with Crippen molar-refractivity contribution in [1.82, 2.24) is 0 Å². The molecule has 1 fully saturated rings. The number of ether oxygens (including phenoxy) is 3. The van der Waals surface area contributed by atoms with Crippen molar-refractivity contribution in [2.75, 3.05) is 19.8 Å². The third kappa shape index (κ3) is 7.44. The van der Waals surface area contributed by atoms with Gasteiger partial charge in [0.1, 0.15) is 42.0 Å². The van der Waals surface area contributed by atoms with Crippen LogP contribution in [0.3, 0.4) is 0 Å². The van der Waals surface area contributed by atoms with Crippen molar-refractivity contribution in [2.45, 2.75) is 57.2 Å². The number of hydrogen-bond acceptors (Lipinski definition) is 7.